The Hall–Kier alpha value is -1.88. The maximum Gasteiger partial charge on any atom is 0.252 e. The summed E-state index contributed by atoms with van der Waals surface area (Å²) in [5.41, 5.74) is 2.75. The lowest BCUT2D eigenvalue weighted by Crippen LogP contribution is -2.32. The molecule has 0 spiro atoms. The summed E-state index contributed by atoms with van der Waals surface area (Å²) in [4.78, 5) is 26.0. The molecule has 2 rings (SSSR count). The Kier molecular flexibility index (Phi) is 5.55. The van der Waals surface area contributed by atoms with Gasteiger partial charge in [-0.1, -0.05) is 19.9 Å². The lowest BCUT2D eigenvalue weighted by atomic mass is 10.0. The van der Waals surface area contributed by atoms with Crippen LogP contribution in [-0.2, 0) is 20.7 Å². The van der Waals surface area contributed by atoms with Crippen LogP contribution in [0.25, 0.3) is 0 Å². The van der Waals surface area contributed by atoms with Crippen molar-refractivity contribution in [2.45, 2.75) is 33.1 Å². The standard InChI is InChI=1S/C17H24N2O3/c1-4-12(5-2)17(21)18-14-7-6-13-8-9-19(15(13)10-14)16(20)11-22-3/h6-7,10,12H,4-5,8-9,11H2,1-3H3,(H,18,21). The first-order valence-corrected chi connectivity index (χ1v) is 7.83. The average molecular weight is 304 g/mol. The van der Waals surface area contributed by atoms with E-state index in [2.05, 4.69) is 5.32 Å². The van der Waals surface area contributed by atoms with E-state index in [9.17, 15) is 9.59 Å². The van der Waals surface area contributed by atoms with Crippen molar-refractivity contribution >= 4 is 23.2 Å². The summed E-state index contributed by atoms with van der Waals surface area (Å²) in [6.07, 6.45) is 2.49. The van der Waals surface area contributed by atoms with Gasteiger partial charge < -0.3 is 15.0 Å². The minimum atomic E-state index is -0.0512. The summed E-state index contributed by atoms with van der Waals surface area (Å²) in [6, 6.07) is 5.78. The number of rotatable bonds is 6. The fourth-order valence-corrected chi connectivity index (χ4v) is 2.82. The van der Waals surface area contributed by atoms with Crippen LogP contribution in [0.2, 0.25) is 0 Å². The van der Waals surface area contributed by atoms with Gasteiger partial charge in [-0.2, -0.15) is 0 Å². The molecular formula is C17H24N2O3. The molecule has 2 amide bonds. The molecule has 1 N–H and O–H groups in total. The topological polar surface area (TPSA) is 58.6 Å². The van der Waals surface area contributed by atoms with E-state index in [1.54, 1.807) is 4.90 Å². The molecule has 0 fully saturated rings. The van der Waals surface area contributed by atoms with Crippen molar-refractivity contribution in [3.8, 4) is 0 Å². The molecule has 1 heterocycles. The van der Waals surface area contributed by atoms with Gasteiger partial charge in [-0.3, -0.25) is 9.59 Å². The number of ether oxygens (including phenoxy) is 1. The number of carbonyl (C=O) groups is 2. The largest absolute Gasteiger partial charge is 0.375 e. The fourth-order valence-electron chi connectivity index (χ4n) is 2.82. The number of nitrogens with one attached hydrogen (secondary N) is 1. The number of amides is 2. The molecule has 1 aliphatic rings. The molecule has 0 atom stereocenters. The fraction of sp³-hybridized carbons (Fsp3) is 0.529. The quantitative estimate of drug-likeness (QED) is 0.879. The Morgan fingerprint density at radius 2 is 2.05 bits per heavy atom. The zero-order chi connectivity index (χ0) is 16.1. The van der Waals surface area contributed by atoms with Gasteiger partial charge in [0.15, 0.2) is 0 Å². The molecule has 120 valence electrons. The van der Waals surface area contributed by atoms with Crippen molar-refractivity contribution in [2.24, 2.45) is 5.92 Å². The Bertz CT molecular complexity index is 553. The zero-order valence-corrected chi connectivity index (χ0v) is 13.5. The van der Waals surface area contributed by atoms with Crippen molar-refractivity contribution in [1.82, 2.24) is 0 Å². The second-order valence-corrected chi connectivity index (χ2v) is 5.57. The second-order valence-electron chi connectivity index (χ2n) is 5.57. The predicted octanol–water partition coefficient (Wildman–Crippen LogP) is 2.60. The molecule has 0 aromatic heterocycles. The molecule has 5 heteroatoms. The molecule has 1 aliphatic heterocycles. The molecule has 1 aromatic carbocycles. The van der Waals surface area contributed by atoms with Crippen LogP contribution in [0.15, 0.2) is 18.2 Å². The van der Waals surface area contributed by atoms with Crippen LogP contribution in [-0.4, -0.2) is 32.1 Å². The van der Waals surface area contributed by atoms with Gasteiger partial charge in [0.2, 0.25) is 5.91 Å². The van der Waals surface area contributed by atoms with E-state index in [1.165, 1.54) is 7.11 Å². The number of benzene rings is 1. The molecule has 0 aliphatic carbocycles. The highest BCUT2D eigenvalue weighted by atomic mass is 16.5. The zero-order valence-electron chi connectivity index (χ0n) is 13.5. The van der Waals surface area contributed by atoms with Crippen molar-refractivity contribution in [2.75, 3.05) is 30.5 Å². The summed E-state index contributed by atoms with van der Waals surface area (Å²) in [6.45, 7) is 4.77. The first-order chi connectivity index (χ1) is 10.6. The summed E-state index contributed by atoms with van der Waals surface area (Å²) >= 11 is 0. The SMILES string of the molecule is CCC(CC)C(=O)Nc1ccc2c(c1)N(C(=O)COC)CC2. The summed E-state index contributed by atoms with van der Waals surface area (Å²) in [5.74, 6) is 0.0157. The van der Waals surface area contributed by atoms with Crippen molar-refractivity contribution in [3.63, 3.8) is 0 Å². The first-order valence-electron chi connectivity index (χ1n) is 7.83. The van der Waals surface area contributed by atoms with Gasteiger partial charge in [0.25, 0.3) is 5.91 Å². The second kappa shape index (κ2) is 7.40. The average Bonchev–Trinajstić information content (AvgIpc) is 2.92. The Labute approximate surface area is 131 Å². The van der Waals surface area contributed by atoms with Crippen LogP contribution in [0.4, 0.5) is 11.4 Å². The minimum Gasteiger partial charge on any atom is -0.375 e. The van der Waals surface area contributed by atoms with Crippen molar-refractivity contribution < 1.29 is 14.3 Å². The Morgan fingerprint density at radius 3 is 2.68 bits per heavy atom. The molecule has 5 nitrogen and oxygen atoms in total. The Balaban J connectivity index is 2.15. The molecule has 22 heavy (non-hydrogen) atoms. The van der Waals surface area contributed by atoms with E-state index in [0.717, 1.165) is 36.2 Å². The van der Waals surface area contributed by atoms with Crippen LogP contribution in [0.3, 0.4) is 0 Å². The maximum absolute atomic E-state index is 12.2. The monoisotopic (exact) mass is 304 g/mol. The number of carbonyl (C=O) groups excluding carboxylic acids is 2. The van der Waals surface area contributed by atoms with Crippen molar-refractivity contribution in [3.05, 3.63) is 23.8 Å². The van der Waals surface area contributed by atoms with Gasteiger partial charge in [-0.05, 0) is 37.0 Å². The lowest BCUT2D eigenvalue weighted by molar-refractivity contribution is -0.122. The van der Waals surface area contributed by atoms with E-state index in [4.69, 9.17) is 4.74 Å². The van der Waals surface area contributed by atoms with Gasteiger partial charge >= 0.3 is 0 Å². The normalized spacial score (nSPS) is 13.4. The third-order valence-electron chi connectivity index (χ3n) is 4.17. The highest BCUT2D eigenvalue weighted by Crippen LogP contribution is 2.31. The number of hydrogen-bond acceptors (Lipinski definition) is 3. The van der Waals surface area contributed by atoms with E-state index >= 15 is 0 Å². The highest BCUT2D eigenvalue weighted by molar-refractivity contribution is 5.98. The van der Waals surface area contributed by atoms with Crippen LogP contribution < -0.4 is 10.2 Å². The summed E-state index contributed by atoms with van der Waals surface area (Å²) in [7, 11) is 1.52. The molecule has 0 saturated carbocycles. The van der Waals surface area contributed by atoms with E-state index in [1.807, 2.05) is 32.0 Å². The van der Waals surface area contributed by atoms with Crippen LogP contribution >= 0.6 is 0 Å². The van der Waals surface area contributed by atoms with E-state index in [0.29, 0.717) is 6.54 Å². The maximum atomic E-state index is 12.2. The van der Waals surface area contributed by atoms with Crippen LogP contribution in [0, 0.1) is 5.92 Å². The highest BCUT2D eigenvalue weighted by Gasteiger charge is 2.25. The van der Waals surface area contributed by atoms with Gasteiger partial charge in [-0.15, -0.1) is 0 Å². The van der Waals surface area contributed by atoms with Crippen LogP contribution in [0.5, 0.6) is 0 Å². The molecular weight excluding hydrogens is 280 g/mol. The summed E-state index contributed by atoms with van der Waals surface area (Å²) in [5, 5.41) is 2.96. The summed E-state index contributed by atoms with van der Waals surface area (Å²) < 4.78 is 4.93. The van der Waals surface area contributed by atoms with Gasteiger partial charge in [0.1, 0.15) is 6.61 Å². The van der Waals surface area contributed by atoms with Crippen molar-refractivity contribution in [1.29, 1.82) is 0 Å². The Morgan fingerprint density at radius 1 is 1.32 bits per heavy atom. The number of hydrogen-bond donors (Lipinski definition) is 1. The minimum absolute atomic E-state index is 0.0273. The molecule has 0 radical (unpaired) electrons. The van der Waals surface area contributed by atoms with Gasteiger partial charge in [-0.25, -0.2) is 0 Å². The van der Waals surface area contributed by atoms with Gasteiger partial charge in [0.05, 0.1) is 0 Å². The van der Waals surface area contributed by atoms with Gasteiger partial charge in [0, 0.05) is 30.9 Å². The number of methoxy groups -OCH3 is 1. The molecule has 0 unspecified atom stereocenters. The molecule has 0 saturated heterocycles. The predicted molar refractivity (Wildman–Crippen MR) is 87.1 cm³/mol. The van der Waals surface area contributed by atoms with E-state index in [-0.39, 0.29) is 24.3 Å². The third-order valence-corrected chi connectivity index (χ3v) is 4.17. The lowest BCUT2D eigenvalue weighted by Gasteiger charge is -2.18. The smallest absolute Gasteiger partial charge is 0.252 e. The molecule has 0 bridgehead atoms. The number of nitrogens with zero attached hydrogens (tertiary/aromatic N) is 1. The van der Waals surface area contributed by atoms with Crippen LogP contribution in [0.1, 0.15) is 32.3 Å². The number of anilines is 2. The van der Waals surface area contributed by atoms with E-state index < -0.39 is 0 Å². The third kappa shape index (κ3) is 3.47. The number of fused-ring (bicyclic) bond motifs is 1. The molecule has 1 aromatic rings. The first kappa shape index (κ1) is 16.5.